The first kappa shape index (κ1) is 22.6. The van der Waals surface area contributed by atoms with Gasteiger partial charge in [0.15, 0.2) is 5.16 Å². The molecule has 2 N–H and O–H groups in total. The summed E-state index contributed by atoms with van der Waals surface area (Å²) in [5, 5.41) is 14.9. The van der Waals surface area contributed by atoms with Crippen molar-refractivity contribution in [3.63, 3.8) is 0 Å². The van der Waals surface area contributed by atoms with Crippen molar-refractivity contribution in [3.05, 3.63) is 65.5 Å². The van der Waals surface area contributed by atoms with Gasteiger partial charge >= 0.3 is 0 Å². The van der Waals surface area contributed by atoms with Gasteiger partial charge in [0.1, 0.15) is 5.82 Å². The molecule has 3 aromatic rings. The molecule has 0 aliphatic heterocycles. The molecule has 0 aliphatic rings. The number of carbonyl (C=O) groups is 2. The number of anilines is 2. The second-order valence-corrected chi connectivity index (χ2v) is 8.11. The van der Waals surface area contributed by atoms with Crippen LogP contribution in [0, 0.1) is 6.92 Å². The molecule has 31 heavy (non-hydrogen) atoms. The summed E-state index contributed by atoms with van der Waals surface area (Å²) in [6.45, 7) is 4.06. The summed E-state index contributed by atoms with van der Waals surface area (Å²) >= 11 is 1.33. The zero-order valence-electron chi connectivity index (χ0n) is 18.0. The molecule has 8 heteroatoms. The second kappa shape index (κ2) is 10.8. The van der Waals surface area contributed by atoms with E-state index >= 15 is 0 Å². The van der Waals surface area contributed by atoms with Crippen LogP contribution in [0.3, 0.4) is 0 Å². The molecule has 0 radical (unpaired) electrons. The third-order valence-corrected chi connectivity index (χ3v) is 5.92. The van der Waals surface area contributed by atoms with Crippen molar-refractivity contribution in [1.29, 1.82) is 0 Å². The van der Waals surface area contributed by atoms with E-state index in [1.54, 1.807) is 0 Å². The first-order valence-electron chi connectivity index (χ1n) is 10.2. The average molecular weight is 438 g/mol. The molecule has 2 amide bonds. The summed E-state index contributed by atoms with van der Waals surface area (Å²) in [6.07, 6.45) is 1.63. The minimum atomic E-state index is -0.0826. The fourth-order valence-electron chi connectivity index (χ4n) is 3.17. The number of carbonyl (C=O) groups excluding carboxylic acids is 2. The summed E-state index contributed by atoms with van der Waals surface area (Å²) in [7, 11) is 1.85. The smallest absolute Gasteiger partial charge is 0.234 e. The summed E-state index contributed by atoms with van der Waals surface area (Å²) in [5.74, 6) is 0.782. The molecule has 0 bridgehead atoms. The van der Waals surface area contributed by atoms with Crippen LogP contribution in [0.15, 0.2) is 53.7 Å². The third-order valence-electron chi connectivity index (χ3n) is 4.90. The topological polar surface area (TPSA) is 88.9 Å². The molecule has 0 fully saturated rings. The van der Waals surface area contributed by atoms with Gasteiger partial charge in [-0.25, -0.2) is 0 Å². The van der Waals surface area contributed by atoms with Gasteiger partial charge < -0.3 is 15.2 Å². The summed E-state index contributed by atoms with van der Waals surface area (Å²) in [6, 6.07) is 15.4. The number of para-hydroxylation sites is 2. The van der Waals surface area contributed by atoms with Crippen LogP contribution >= 0.6 is 11.8 Å². The van der Waals surface area contributed by atoms with Crippen LogP contribution in [0.25, 0.3) is 0 Å². The predicted octanol–water partition coefficient (Wildman–Crippen LogP) is 3.99. The van der Waals surface area contributed by atoms with E-state index in [0.717, 1.165) is 28.9 Å². The molecular weight excluding hydrogens is 410 g/mol. The van der Waals surface area contributed by atoms with Gasteiger partial charge in [-0.1, -0.05) is 55.1 Å². The van der Waals surface area contributed by atoms with Crippen LogP contribution in [-0.4, -0.2) is 32.3 Å². The van der Waals surface area contributed by atoms with Crippen LogP contribution in [0.4, 0.5) is 11.4 Å². The summed E-state index contributed by atoms with van der Waals surface area (Å²) in [4.78, 5) is 24.6. The Hall–Kier alpha value is -3.13. The zero-order chi connectivity index (χ0) is 22.2. The van der Waals surface area contributed by atoms with Crippen LogP contribution in [0.2, 0.25) is 0 Å². The Morgan fingerprint density at radius 2 is 1.77 bits per heavy atom. The van der Waals surface area contributed by atoms with E-state index in [4.69, 9.17) is 0 Å². The normalized spacial score (nSPS) is 10.7. The van der Waals surface area contributed by atoms with Gasteiger partial charge in [-0.05, 0) is 36.6 Å². The van der Waals surface area contributed by atoms with Gasteiger partial charge in [-0.15, -0.1) is 10.2 Å². The Morgan fingerprint density at radius 3 is 2.52 bits per heavy atom. The quantitative estimate of drug-likeness (QED) is 0.494. The van der Waals surface area contributed by atoms with Gasteiger partial charge in [0, 0.05) is 31.3 Å². The second-order valence-electron chi connectivity index (χ2n) is 7.17. The lowest BCUT2D eigenvalue weighted by atomic mass is 10.1. The highest BCUT2D eigenvalue weighted by molar-refractivity contribution is 7.99. The number of nitrogens with one attached hydrogen (secondary N) is 2. The number of amides is 2. The number of rotatable bonds is 9. The number of benzene rings is 2. The van der Waals surface area contributed by atoms with Gasteiger partial charge in [0.25, 0.3) is 0 Å². The van der Waals surface area contributed by atoms with Crippen molar-refractivity contribution < 1.29 is 9.59 Å². The van der Waals surface area contributed by atoms with Crippen LogP contribution in [0.5, 0.6) is 0 Å². The molecule has 0 atom stereocenters. The van der Waals surface area contributed by atoms with Crippen molar-refractivity contribution in [3.8, 4) is 0 Å². The fraction of sp³-hybridized carbons (Fsp3) is 0.304. The Bertz CT molecular complexity index is 1050. The molecule has 0 saturated carbocycles. The largest absolute Gasteiger partial charge is 0.326 e. The maximum atomic E-state index is 12.5. The first-order chi connectivity index (χ1) is 15.0. The number of thioether (sulfide) groups is 1. The molecule has 3 rings (SSSR count). The molecule has 7 nitrogen and oxygen atoms in total. The Balaban J connectivity index is 1.51. The van der Waals surface area contributed by atoms with Crippen molar-refractivity contribution in [2.24, 2.45) is 7.05 Å². The first-order valence-corrected chi connectivity index (χ1v) is 11.2. The Kier molecular flexibility index (Phi) is 7.83. The van der Waals surface area contributed by atoms with Crippen molar-refractivity contribution in [1.82, 2.24) is 14.8 Å². The van der Waals surface area contributed by atoms with Crippen molar-refractivity contribution in [2.75, 3.05) is 16.4 Å². The minimum Gasteiger partial charge on any atom is -0.326 e. The average Bonchev–Trinajstić information content (AvgIpc) is 3.12. The monoisotopic (exact) mass is 437 g/mol. The molecule has 2 aromatic carbocycles. The van der Waals surface area contributed by atoms with E-state index in [1.807, 2.05) is 67.1 Å². The molecule has 162 valence electrons. The highest BCUT2D eigenvalue weighted by Gasteiger charge is 2.14. The highest BCUT2D eigenvalue weighted by Crippen LogP contribution is 2.22. The molecule has 0 unspecified atom stereocenters. The standard InChI is InChI=1S/C23H27N5O2S/c1-4-17-10-8-9-16(2)22(17)25-21(30)15-31-23-27-26-19(28(23)3)13-14-20(29)24-18-11-6-5-7-12-18/h5-12H,4,13-15H2,1-3H3,(H,24,29)(H,25,30). The van der Waals surface area contributed by atoms with E-state index in [9.17, 15) is 9.59 Å². The van der Waals surface area contributed by atoms with E-state index in [0.29, 0.717) is 23.8 Å². The number of hydrogen-bond acceptors (Lipinski definition) is 5. The van der Waals surface area contributed by atoms with E-state index < -0.39 is 0 Å². The Labute approximate surface area is 186 Å². The molecular formula is C23H27N5O2S. The number of aryl methyl sites for hydroxylation is 3. The van der Waals surface area contributed by atoms with E-state index in [2.05, 4.69) is 27.8 Å². The lowest BCUT2D eigenvalue weighted by molar-refractivity contribution is -0.116. The van der Waals surface area contributed by atoms with Crippen LogP contribution in [0.1, 0.15) is 30.3 Å². The van der Waals surface area contributed by atoms with Crippen LogP contribution in [-0.2, 0) is 29.5 Å². The van der Waals surface area contributed by atoms with Gasteiger partial charge in [-0.3, -0.25) is 9.59 Å². The lowest BCUT2D eigenvalue weighted by Crippen LogP contribution is -2.16. The maximum Gasteiger partial charge on any atom is 0.234 e. The molecule has 1 aromatic heterocycles. The minimum absolute atomic E-state index is 0.0762. The summed E-state index contributed by atoms with van der Waals surface area (Å²) in [5.41, 5.74) is 3.83. The van der Waals surface area contributed by atoms with Gasteiger partial charge in [-0.2, -0.15) is 0 Å². The van der Waals surface area contributed by atoms with E-state index in [1.165, 1.54) is 11.8 Å². The molecule has 0 aliphatic carbocycles. The highest BCUT2D eigenvalue weighted by atomic mass is 32.2. The fourth-order valence-corrected chi connectivity index (χ4v) is 3.90. The number of nitrogens with zero attached hydrogens (tertiary/aromatic N) is 3. The predicted molar refractivity (Wildman–Crippen MR) is 124 cm³/mol. The molecule has 0 saturated heterocycles. The van der Waals surface area contributed by atoms with Crippen molar-refractivity contribution in [2.45, 2.75) is 38.3 Å². The van der Waals surface area contributed by atoms with Gasteiger partial charge in [0.05, 0.1) is 5.75 Å². The summed E-state index contributed by atoms with van der Waals surface area (Å²) < 4.78 is 1.83. The number of hydrogen-bond donors (Lipinski definition) is 2. The van der Waals surface area contributed by atoms with Crippen molar-refractivity contribution >= 4 is 35.0 Å². The zero-order valence-corrected chi connectivity index (χ0v) is 18.8. The maximum absolute atomic E-state index is 12.5. The molecule has 0 spiro atoms. The van der Waals surface area contributed by atoms with Gasteiger partial charge in [0.2, 0.25) is 11.8 Å². The van der Waals surface area contributed by atoms with Crippen LogP contribution < -0.4 is 10.6 Å². The Morgan fingerprint density at radius 1 is 1.00 bits per heavy atom. The number of aromatic nitrogens is 3. The lowest BCUT2D eigenvalue weighted by Gasteiger charge is -2.12. The SMILES string of the molecule is CCc1cccc(C)c1NC(=O)CSc1nnc(CCC(=O)Nc2ccccc2)n1C. The van der Waals surface area contributed by atoms with E-state index in [-0.39, 0.29) is 17.6 Å². The third kappa shape index (κ3) is 6.18. The molecule has 1 heterocycles.